The molecule has 0 atom stereocenters. The quantitative estimate of drug-likeness (QED) is 0.745. The van der Waals surface area contributed by atoms with Crippen molar-refractivity contribution >= 4 is 28.6 Å². The molecule has 5 heteroatoms. The Bertz CT molecular complexity index is 800. The number of fused-ring (bicyclic) bond motifs is 1. The predicted molar refractivity (Wildman–Crippen MR) is 82.5 cm³/mol. The van der Waals surface area contributed by atoms with Gasteiger partial charge in [-0.25, -0.2) is 9.78 Å². The normalized spacial score (nSPS) is 10.7. The van der Waals surface area contributed by atoms with E-state index in [0.717, 1.165) is 21.6 Å². The number of rotatable bonds is 4. The summed E-state index contributed by atoms with van der Waals surface area (Å²) in [6.45, 7) is 0. The van der Waals surface area contributed by atoms with Crippen LogP contribution in [0.2, 0.25) is 0 Å². The van der Waals surface area contributed by atoms with E-state index in [1.807, 2.05) is 36.4 Å². The van der Waals surface area contributed by atoms with E-state index in [4.69, 9.17) is 5.11 Å². The van der Waals surface area contributed by atoms with E-state index >= 15 is 0 Å². The highest BCUT2D eigenvalue weighted by Gasteiger charge is 2.06. The molecule has 21 heavy (non-hydrogen) atoms. The van der Waals surface area contributed by atoms with Crippen LogP contribution >= 0.6 is 11.8 Å². The molecule has 0 saturated heterocycles. The van der Waals surface area contributed by atoms with Crippen LogP contribution in [0.5, 0.6) is 0 Å². The first-order valence-corrected chi connectivity index (χ1v) is 7.37. The molecule has 1 aromatic carbocycles. The maximum absolute atomic E-state index is 10.9. The standard InChI is InChI=1S/C16H12N2O2S/c19-16(20)15-9-12(6-8-18-15)21-10-11-5-7-17-14-4-2-1-3-13(11)14/h1-9H,10H2,(H,19,20). The van der Waals surface area contributed by atoms with Crippen LogP contribution in [0.3, 0.4) is 0 Å². The average molecular weight is 296 g/mol. The Hall–Kier alpha value is -2.40. The summed E-state index contributed by atoms with van der Waals surface area (Å²) >= 11 is 1.59. The van der Waals surface area contributed by atoms with Gasteiger partial charge in [0.25, 0.3) is 0 Å². The van der Waals surface area contributed by atoms with Crippen molar-refractivity contribution in [2.45, 2.75) is 10.6 Å². The van der Waals surface area contributed by atoms with Gasteiger partial charge in [-0.3, -0.25) is 4.98 Å². The summed E-state index contributed by atoms with van der Waals surface area (Å²) in [5.41, 5.74) is 2.22. The molecule has 0 saturated carbocycles. The summed E-state index contributed by atoms with van der Waals surface area (Å²) in [7, 11) is 0. The largest absolute Gasteiger partial charge is 0.477 e. The van der Waals surface area contributed by atoms with Gasteiger partial charge in [-0.2, -0.15) is 0 Å². The second-order valence-electron chi connectivity index (χ2n) is 4.46. The first kappa shape index (κ1) is 13.6. The summed E-state index contributed by atoms with van der Waals surface area (Å²) in [4.78, 5) is 20.0. The van der Waals surface area contributed by atoms with Crippen LogP contribution in [0.1, 0.15) is 16.1 Å². The third-order valence-electron chi connectivity index (χ3n) is 3.08. The Kier molecular flexibility index (Phi) is 3.83. The highest BCUT2D eigenvalue weighted by molar-refractivity contribution is 7.98. The zero-order chi connectivity index (χ0) is 14.7. The van der Waals surface area contributed by atoms with Gasteiger partial charge in [0.15, 0.2) is 0 Å². The monoisotopic (exact) mass is 296 g/mol. The van der Waals surface area contributed by atoms with Crippen LogP contribution in [0.15, 0.2) is 59.8 Å². The lowest BCUT2D eigenvalue weighted by molar-refractivity contribution is 0.0690. The van der Waals surface area contributed by atoms with Crippen molar-refractivity contribution in [1.29, 1.82) is 0 Å². The maximum Gasteiger partial charge on any atom is 0.354 e. The molecule has 0 aliphatic rings. The van der Waals surface area contributed by atoms with Gasteiger partial charge in [0.1, 0.15) is 5.69 Å². The number of aromatic nitrogens is 2. The molecule has 0 aliphatic carbocycles. The number of thioether (sulfide) groups is 1. The van der Waals surface area contributed by atoms with Gasteiger partial charge in [0.2, 0.25) is 0 Å². The molecule has 3 aromatic rings. The molecule has 0 aliphatic heterocycles. The first-order chi connectivity index (χ1) is 10.2. The second-order valence-corrected chi connectivity index (χ2v) is 5.51. The molecular weight excluding hydrogens is 284 g/mol. The molecule has 104 valence electrons. The van der Waals surface area contributed by atoms with Crippen molar-refractivity contribution in [2.75, 3.05) is 0 Å². The Labute approximate surface area is 125 Å². The highest BCUT2D eigenvalue weighted by atomic mass is 32.2. The average Bonchev–Trinajstić information content (AvgIpc) is 2.53. The van der Waals surface area contributed by atoms with Crippen molar-refractivity contribution in [3.8, 4) is 0 Å². The molecule has 3 rings (SSSR count). The lowest BCUT2D eigenvalue weighted by Crippen LogP contribution is -1.99. The zero-order valence-electron chi connectivity index (χ0n) is 11.1. The number of pyridine rings is 2. The SMILES string of the molecule is O=C(O)c1cc(SCc2ccnc3ccccc23)ccn1. The third kappa shape index (κ3) is 3.03. The Morgan fingerprint density at radius 3 is 2.76 bits per heavy atom. The van der Waals surface area contributed by atoms with E-state index < -0.39 is 5.97 Å². The number of hydrogen-bond acceptors (Lipinski definition) is 4. The number of aromatic carboxylic acids is 1. The molecule has 0 spiro atoms. The summed E-state index contributed by atoms with van der Waals surface area (Å²) < 4.78 is 0. The molecular formula is C16H12N2O2S. The summed E-state index contributed by atoms with van der Waals surface area (Å²) in [6, 6.07) is 13.4. The number of carboxylic acid groups (broad SMARTS) is 1. The molecule has 0 unspecified atom stereocenters. The minimum absolute atomic E-state index is 0.0691. The maximum atomic E-state index is 10.9. The third-order valence-corrected chi connectivity index (χ3v) is 4.13. The van der Waals surface area contributed by atoms with Gasteiger partial charge in [-0.15, -0.1) is 11.8 Å². The van der Waals surface area contributed by atoms with E-state index in [1.54, 1.807) is 24.0 Å². The fraction of sp³-hybridized carbons (Fsp3) is 0.0625. The Morgan fingerprint density at radius 1 is 1.10 bits per heavy atom. The van der Waals surface area contributed by atoms with E-state index in [-0.39, 0.29) is 5.69 Å². The van der Waals surface area contributed by atoms with E-state index in [1.165, 1.54) is 11.8 Å². The minimum Gasteiger partial charge on any atom is -0.477 e. The molecule has 2 heterocycles. The van der Waals surface area contributed by atoms with E-state index in [2.05, 4.69) is 9.97 Å². The van der Waals surface area contributed by atoms with Crippen LogP contribution in [0.25, 0.3) is 10.9 Å². The second kappa shape index (κ2) is 5.93. The topological polar surface area (TPSA) is 63.1 Å². The summed E-state index contributed by atoms with van der Waals surface area (Å²) in [5.74, 6) is -0.252. The van der Waals surface area contributed by atoms with Gasteiger partial charge in [-0.1, -0.05) is 18.2 Å². The number of carbonyl (C=O) groups is 1. The predicted octanol–water partition coefficient (Wildman–Crippen LogP) is 3.62. The Balaban J connectivity index is 1.84. The minimum atomic E-state index is -1.01. The summed E-state index contributed by atoms with van der Waals surface area (Å²) in [6.07, 6.45) is 3.32. The number of nitrogens with zero attached hydrogens (tertiary/aromatic N) is 2. The zero-order valence-corrected chi connectivity index (χ0v) is 11.9. The number of benzene rings is 1. The van der Waals surface area contributed by atoms with Crippen molar-refractivity contribution in [1.82, 2.24) is 9.97 Å². The van der Waals surface area contributed by atoms with Crippen molar-refractivity contribution in [2.24, 2.45) is 0 Å². The molecule has 0 fully saturated rings. The molecule has 0 amide bonds. The molecule has 1 N–H and O–H groups in total. The van der Waals surface area contributed by atoms with Crippen LogP contribution < -0.4 is 0 Å². The van der Waals surface area contributed by atoms with E-state index in [9.17, 15) is 4.79 Å². The number of hydrogen-bond donors (Lipinski definition) is 1. The summed E-state index contributed by atoms with van der Waals surface area (Å²) in [5, 5.41) is 10.1. The van der Waals surface area contributed by atoms with Gasteiger partial charge in [-0.05, 0) is 29.8 Å². The van der Waals surface area contributed by atoms with Crippen LogP contribution in [-0.4, -0.2) is 21.0 Å². The van der Waals surface area contributed by atoms with Gasteiger partial charge in [0, 0.05) is 28.4 Å². The molecule has 0 bridgehead atoms. The van der Waals surface area contributed by atoms with Crippen LogP contribution in [0, 0.1) is 0 Å². The van der Waals surface area contributed by atoms with Crippen molar-refractivity contribution in [3.05, 3.63) is 66.1 Å². The van der Waals surface area contributed by atoms with Crippen LogP contribution in [0.4, 0.5) is 0 Å². The number of carboxylic acids is 1. The van der Waals surface area contributed by atoms with Crippen molar-refractivity contribution in [3.63, 3.8) is 0 Å². The van der Waals surface area contributed by atoms with Crippen molar-refractivity contribution < 1.29 is 9.90 Å². The first-order valence-electron chi connectivity index (χ1n) is 6.39. The molecule has 0 radical (unpaired) electrons. The lowest BCUT2D eigenvalue weighted by atomic mass is 10.1. The Morgan fingerprint density at radius 2 is 1.90 bits per heavy atom. The lowest BCUT2D eigenvalue weighted by Gasteiger charge is -2.06. The van der Waals surface area contributed by atoms with Gasteiger partial charge < -0.3 is 5.11 Å². The van der Waals surface area contributed by atoms with Crippen LogP contribution in [-0.2, 0) is 5.75 Å². The smallest absolute Gasteiger partial charge is 0.354 e. The van der Waals surface area contributed by atoms with Gasteiger partial charge >= 0.3 is 5.97 Å². The highest BCUT2D eigenvalue weighted by Crippen LogP contribution is 2.26. The van der Waals surface area contributed by atoms with E-state index in [0.29, 0.717) is 0 Å². The fourth-order valence-corrected chi connectivity index (χ4v) is 2.99. The fourth-order valence-electron chi connectivity index (χ4n) is 2.06. The van der Waals surface area contributed by atoms with Gasteiger partial charge in [0.05, 0.1) is 5.52 Å². The number of para-hydroxylation sites is 1. The molecule has 2 aromatic heterocycles. The molecule has 4 nitrogen and oxygen atoms in total.